The van der Waals surface area contributed by atoms with E-state index >= 15 is 0 Å². The van der Waals surface area contributed by atoms with Crippen LogP contribution in [0.1, 0.15) is 37.0 Å². The quantitative estimate of drug-likeness (QED) is 0.729. The molecule has 0 radical (unpaired) electrons. The van der Waals surface area contributed by atoms with Crippen LogP contribution in [0.4, 0.5) is 0 Å². The molecule has 1 atom stereocenters. The summed E-state index contributed by atoms with van der Waals surface area (Å²) in [5, 5.41) is 21.4. The van der Waals surface area contributed by atoms with Gasteiger partial charge in [-0.15, -0.1) is 0 Å². The van der Waals surface area contributed by atoms with Gasteiger partial charge in [0.05, 0.1) is 5.56 Å². The van der Waals surface area contributed by atoms with Crippen LogP contribution in [-0.4, -0.2) is 28.3 Å². The fourth-order valence-electron chi connectivity index (χ4n) is 1.58. The van der Waals surface area contributed by atoms with Crippen LogP contribution in [0.3, 0.4) is 0 Å². The van der Waals surface area contributed by atoms with E-state index in [2.05, 4.69) is 5.32 Å². The molecule has 0 aliphatic heterocycles. The van der Waals surface area contributed by atoms with Crippen molar-refractivity contribution in [3.05, 3.63) is 29.8 Å². The predicted octanol–water partition coefficient (Wildman–Crippen LogP) is 1.67. The van der Waals surface area contributed by atoms with Crippen molar-refractivity contribution in [1.82, 2.24) is 5.32 Å². The molecular weight excluding hydrogens is 218 g/mol. The number of aliphatic hydroxyl groups excluding tert-OH is 1. The Morgan fingerprint density at radius 2 is 2.06 bits per heavy atom. The predicted molar refractivity (Wildman–Crippen MR) is 66.0 cm³/mol. The average molecular weight is 237 g/mol. The lowest BCUT2D eigenvalue weighted by Gasteiger charge is -2.29. The first kappa shape index (κ1) is 13.5. The van der Waals surface area contributed by atoms with Gasteiger partial charge >= 0.3 is 0 Å². The van der Waals surface area contributed by atoms with Crippen LogP contribution in [-0.2, 0) is 0 Å². The van der Waals surface area contributed by atoms with Crippen LogP contribution < -0.4 is 5.32 Å². The molecule has 0 bridgehead atoms. The molecule has 4 nitrogen and oxygen atoms in total. The molecule has 1 rings (SSSR count). The summed E-state index contributed by atoms with van der Waals surface area (Å²) in [6, 6.07) is 6.41. The molecule has 0 aliphatic carbocycles. The molecule has 1 aromatic rings. The van der Waals surface area contributed by atoms with Gasteiger partial charge < -0.3 is 15.5 Å². The first-order chi connectivity index (χ1) is 8.02. The van der Waals surface area contributed by atoms with Crippen LogP contribution in [0, 0.1) is 0 Å². The lowest BCUT2D eigenvalue weighted by Crippen LogP contribution is -2.46. The van der Waals surface area contributed by atoms with Crippen LogP contribution in [0.5, 0.6) is 5.75 Å². The van der Waals surface area contributed by atoms with Crippen molar-refractivity contribution < 1.29 is 15.0 Å². The first-order valence-electron chi connectivity index (χ1n) is 5.74. The Balaban J connectivity index is 2.82. The van der Waals surface area contributed by atoms with E-state index in [4.69, 9.17) is 5.11 Å². The van der Waals surface area contributed by atoms with Gasteiger partial charge in [-0.2, -0.15) is 0 Å². The van der Waals surface area contributed by atoms with E-state index in [0.717, 1.165) is 0 Å². The van der Waals surface area contributed by atoms with Crippen molar-refractivity contribution >= 4 is 5.91 Å². The number of nitrogens with one attached hydrogen (secondary N) is 1. The molecule has 0 unspecified atom stereocenters. The van der Waals surface area contributed by atoms with Gasteiger partial charge in [0, 0.05) is 12.1 Å². The number of hydrogen-bond donors (Lipinski definition) is 3. The number of rotatable bonds is 5. The fraction of sp³-hybridized carbons (Fsp3) is 0.462. The van der Waals surface area contributed by atoms with Gasteiger partial charge in [-0.05, 0) is 31.9 Å². The molecule has 0 fully saturated rings. The van der Waals surface area contributed by atoms with Crippen molar-refractivity contribution in [3.8, 4) is 5.75 Å². The number of aliphatic hydroxyl groups is 1. The standard InChI is InChI=1S/C13H19NO3/c1-3-13(2,8-9-15)14-12(17)10-6-4-5-7-11(10)16/h4-7,15-16H,3,8-9H2,1-2H3,(H,14,17)/t13-/m1/s1. The molecule has 1 amide bonds. The zero-order chi connectivity index (χ0) is 12.9. The number of para-hydroxylation sites is 1. The Bertz CT molecular complexity index is 392. The third-order valence-corrected chi connectivity index (χ3v) is 3.01. The van der Waals surface area contributed by atoms with Crippen molar-refractivity contribution in [3.63, 3.8) is 0 Å². The summed E-state index contributed by atoms with van der Waals surface area (Å²) in [6.07, 6.45) is 1.20. The second-order valence-corrected chi connectivity index (χ2v) is 4.36. The van der Waals surface area contributed by atoms with Gasteiger partial charge in [0.2, 0.25) is 0 Å². The number of carbonyl (C=O) groups is 1. The Hall–Kier alpha value is -1.55. The number of carbonyl (C=O) groups excluding carboxylic acids is 1. The van der Waals surface area contributed by atoms with E-state index in [1.807, 2.05) is 13.8 Å². The summed E-state index contributed by atoms with van der Waals surface area (Å²) in [5.41, 5.74) is -0.196. The minimum absolute atomic E-state index is 0.0192. The molecule has 0 saturated heterocycles. The topological polar surface area (TPSA) is 69.6 Å². The second kappa shape index (κ2) is 5.68. The summed E-state index contributed by atoms with van der Waals surface area (Å²) in [6.45, 7) is 3.84. The molecule has 1 aromatic carbocycles. The maximum absolute atomic E-state index is 12.0. The van der Waals surface area contributed by atoms with Gasteiger partial charge in [-0.1, -0.05) is 19.1 Å². The smallest absolute Gasteiger partial charge is 0.255 e. The van der Waals surface area contributed by atoms with Gasteiger partial charge in [-0.3, -0.25) is 4.79 Å². The summed E-state index contributed by atoms with van der Waals surface area (Å²) in [5.74, 6) is -0.353. The lowest BCUT2D eigenvalue weighted by atomic mass is 9.94. The fourth-order valence-corrected chi connectivity index (χ4v) is 1.58. The third kappa shape index (κ3) is 3.46. The highest BCUT2D eigenvalue weighted by atomic mass is 16.3. The molecule has 94 valence electrons. The number of amides is 1. The largest absolute Gasteiger partial charge is 0.507 e. The Kier molecular flexibility index (Phi) is 4.52. The number of aromatic hydroxyl groups is 1. The number of phenols is 1. The molecule has 0 aliphatic rings. The van der Waals surface area contributed by atoms with Gasteiger partial charge in [0.15, 0.2) is 0 Å². The average Bonchev–Trinajstić information content (AvgIpc) is 2.29. The van der Waals surface area contributed by atoms with Crippen molar-refractivity contribution in [1.29, 1.82) is 0 Å². The SMILES string of the molecule is CC[C@](C)(CCO)NC(=O)c1ccccc1O. The molecule has 4 heteroatoms. The Labute approximate surface area is 101 Å². The van der Waals surface area contributed by atoms with E-state index in [0.29, 0.717) is 12.8 Å². The van der Waals surface area contributed by atoms with Crippen LogP contribution >= 0.6 is 0 Å². The third-order valence-electron chi connectivity index (χ3n) is 3.01. The summed E-state index contributed by atoms with van der Waals surface area (Å²) in [7, 11) is 0. The summed E-state index contributed by atoms with van der Waals surface area (Å²) in [4.78, 5) is 12.0. The normalized spacial score (nSPS) is 14.1. The highest BCUT2D eigenvalue weighted by Crippen LogP contribution is 2.19. The maximum atomic E-state index is 12.0. The minimum atomic E-state index is -0.450. The van der Waals surface area contributed by atoms with Crippen molar-refractivity contribution in [2.24, 2.45) is 0 Å². The van der Waals surface area contributed by atoms with Gasteiger partial charge in [0.25, 0.3) is 5.91 Å². The van der Waals surface area contributed by atoms with Crippen LogP contribution in [0.2, 0.25) is 0 Å². The molecule has 0 aromatic heterocycles. The van der Waals surface area contributed by atoms with E-state index in [-0.39, 0.29) is 23.8 Å². The maximum Gasteiger partial charge on any atom is 0.255 e. The highest BCUT2D eigenvalue weighted by Gasteiger charge is 2.25. The van der Waals surface area contributed by atoms with Gasteiger partial charge in [0.1, 0.15) is 5.75 Å². The highest BCUT2D eigenvalue weighted by molar-refractivity contribution is 5.97. The van der Waals surface area contributed by atoms with E-state index in [1.54, 1.807) is 18.2 Å². The van der Waals surface area contributed by atoms with E-state index < -0.39 is 5.54 Å². The first-order valence-corrected chi connectivity index (χ1v) is 5.74. The zero-order valence-corrected chi connectivity index (χ0v) is 10.2. The van der Waals surface area contributed by atoms with Crippen LogP contribution in [0.15, 0.2) is 24.3 Å². The summed E-state index contributed by atoms with van der Waals surface area (Å²) < 4.78 is 0. The van der Waals surface area contributed by atoms with E-state index in [1.165, 1.54) is 6.07 Å². The second-order valence-electron chi connectivity index (χ2n) is 4.36. The summed E-state index contributed by atoms with van der Waals surface area (Å²) >= 11 is 0. The molecule has 0 heterocycles. The van der Waals surface area contributed by atoms with Crippen molar-refractivity contribution in [2.45, 2.75) is 32.2 Å². The monoisotopic (exact) mass is 237 g/mol. The Morgan fingerprint density at radius 3 is 2.59 bits per heavy atom. The molecule has 3 N–H and O–H groups in total. The molecule has 17 heavy (non-hydrogen) atoms. The molecule has 0 saturated carbocycles. The Morgan fingerprint density at radius 1 is 1.41 bits per heavy atom. The molecular formula is C13H19NO3. The number of hydrogen-bond acceptors (Lipinski definition) is 3. The number of phenolic OH excluding ortho intramolecular Hbond substituents is 1. The van der Waals surface area contributed by atoms with Gasteiger partial charge in [-0.25, -0.2) is 0 Å². The lowest BCUT2D eigenvalue weighted by molar-refractivity contribution is 0.0883. The minimum Gasteiger partial charge on any atom is -0.507 e. The molecule has 0 spiro atoms. The van der Waals surface area contributed by atoms with Crippen molar-refractivity contribution in [2.75, 3.05) is 6.61 Å². The number of benzene rings is 1. The zero-order valence-electron chi connectivity index (χ0n) is 10.2. The van der Waals surface area contributed by atoms with E-state index in [9.17, 15) is 9.90 Å². The van der Waals surface area contributed by atoms with Crippen LogP contribution in [0.25, 0.3) is 0 Å².